The number of hydrogen-bond acceptors (Lipinski definition) is 6. The van der Waals surface area contributed by atoms with Gasteiger partial charge in [0.1, 0.15) is 23.8 Å². The lowest BCUT2D eigenvalue weighted by Gasteiger charge is -2.17. The fourth-order valence-electron chi connectivity index (χ4n) is 2.99. The van der Waals surface area contributed by atoms with E-state index in [2.05, 4.69) is 10.0 Å². The molecule has 3 N–H and O–H groups in total. The third kappa shape index (κ3) is 5.09. The fourth-order valence-corrected chi connectivity index (χ4v) is 4.43. The number of carbonyl (C=O) groups excluding carboxylic acids is 1. The highest BCUT2D eigenvalue weighted by atomic mass is 35.5. The minimum Gasteiger partial charge on any atom is -0.480 e. The minimum absolute atomic E-state index is 0.0745. The molecule has 2 aromatic carbocycles. The zero-order valence-corrected chi connectivity index (χ0v) is 18.3. The van der Waals surface area contributed by atoms with Crippen molar-refractivity contribution in [2.75, 3.05) is 17.8 Å². The molecule has 3 rings (SSSR count). The summed E-state index contributed by atoms with van der Waals surface area (Å²) < 4.78 is 38.3. The van der Waals surface area contributed by atoms with Crippen LogP contribution in [0.15, 0.2) is 45.7 Å². The van der Waals surface area contributed by atoms with E-state index in [1.165, 1.54) is 18.2 Å². The number of carboxylic acids is 1. The smallest absolute Gasteiger partial charge is 0.411 e. The van der Waals surface area contributed by atoms with Gasteiger partial charge in [0.15, 0.2) is 0 Å². The summed E-state index contributed by atoms with van der Waals surface area (Å²) in [6, 6.07) is 7.89. The van der Waals surface area contributed by atoms with E-state index in [-0.39, 0.29) is 17.4 Å². The van der Waals surface area contributed by atoms with Gasteiger partial charge >= 0.3 is 12.1 Å². The minimum atomic E-state index is -4.08. The Bertz CT molecular complexity index is 1240. The number of fused-ring (bicyclic) bond motifs is 3. The molecule has 0 saturated carbocycles. The molecule has 0 radical (unpaired) electrons. The van der Waals surface area contributed by atoms with Crippen molar-refractivity contribution < 1.29 is 32.3 Å². The quantitative estimate of drug-likeness (QED) is 0.428. The summed E-state index contributed by atoms with van der Waals surface area (Å²) in [7, 11) is -4.08. The number of benzene rings is 2. The van der Waals surface area contributed by atoms with E-state index in [1.54, 1.807) is 32.0 Å². The van der Waals surface area contributed by atoms with Gasteiger partial charge in [0.2, 0.25) is 10.0 Å². The van der Waals surface area contributed by atoms with Crippen molar-refractivity contribution in [3.8, 4) is 0 Å². The van der Waals surface area contributed by atoms with E-state index in [1.807, 2.05) is 0 Å². The molecule has 1 atom stereocenters. The fraction of sp³-hybridized carbons (Fsp3) is 0.300. The van der Waals surface area contributed by atoms with Crippen molar-refractivity contribution in [1.82, 2.24) is 4.72 Å². The maximum absolute atomic E-state index is 12.7. The summed E-state index contributed by atoms with van der Waals surface area (Å²) >= 11 is 5.48. The van der Waals surface area contributed by atoms with Gasteiger partial charge in [-0.05, 0) is 36.2 Å². The molecule has 0 saturated heterocycles. The Kier molecular flexibility index (Phi) is 6.73. The molecule has 11 heteroatoms. The van der Waals surface area contributed by atoms with Crippen LogP contribution in [0.5, 0.6) is 0 Å². The number of aliphatic carboxylic acids is 1. The number of carboxylic acid groups (broad SMARTS) is 1. The monoisotopic (exact) mass is 468 g/mol. The highest BCUT2D eigenvalue weighted by Crippen LogP contribution is 2.32. The summed E-state index contributed by atoms with van der Waals surface area (Å²) in [6.07, 6.45) is -0.659. The predicted molar refractivity (Wildman–Crippen MR) is 116 cm³/mol. The molecule has 9 nitrogen and oxygen atoms in total. The Balaban J connectivity index is 1.94. The van der Waals surface area contributed by atoms with Gasteiger partial charge in [-0.1, -0.05) is 13.8 Å². The number of hydrogen-bond donors (Lipinski definition) is 3. The second kappa shape index (κ2) is 9.13. The van der Waals surface area contributed by atoms with Gasteiger partial charge in [-0.15, -0.1) is 11.6 Å². The first-order chi connectivity index (χ1) is 14.6. The lowest BCUT2D eigenvalue weighted by molar-refractivity contribution is -0.140. The van der Waals surface area contributed by atoms with Crippen LogP contribution in [0.25, 0.3) is 21.9 Å². The van der Waals surface area contributed by atoms with Crippen molar-refractivity contribution in [1.29, 1.82) is 0 Å². The van der Waals surface area contributed by atoms with Crippen molar-refractivity contribution in [3.05, 3.63) is 36.4 Å². The molecule has 3 aromatic rings. The van der Waals surface area contributed by atoms with Crippen LogP contribution < -0.4 is 10.0 Å². The number of amides is 1. The molecule has 0 bridgehead atoms. The van der Waals surface area contributed by atoms with Gasteiger partial charge in [-0.3, -0.25) is 10.1 Å². The molecule has 166 valence electrons. The van der Waals surface area contributed by atoms with Gasteiger partial charge in [0.05, 0.1) is 10.8 Å². The molecule has 0 spiro atoms. The highest BCUT2D eigenvalue weighted by molar-refractivity contribution is 7.89. The first-order valence-corrected chi connectivity index (χ1v) is 11.4. The normalized spacial score (nSPS) is 12.9. The van der Waals surface area contributed by atoms with Gasteiger partial charge in [-0.25, -0.2) is 13.2 Å². The van der Waals surface area contributed by atoms with Crippen LogP contribution in [0.2, 0.25) is 0 Å². The van der Waals surface area contributed by atoms with Crippen LogP contribution in [0.4, 0.5) is 10.5 Å². The highest BCUT2D eigenvalue weighted by Gasteiger charge is 2.28. The Morgan fingerprint density at radius 1 is 1.13 bits per heavy atom. The average Bonchev–Trinajstić information content (AvgIpc) is 3.07. The predicted octanol–water partition coefficient (Wildman–Crippen LogP) is 3.76. The third-order valence-corrected chi connectivity index (χ3v) is 6.12. The van der Waals surface area contributed by atoms with E-state index in [0.29, 0.717) is 27.6 Å². The second-order valence-electron chi connectivity index (χ2n) is 7.10. The topological polar surface area (TPSA) is 135 Å². The lowest BCUT2D eigenvalue weighted by atomic mass is 10.1. The summed E-state index contributed by atoms with van der Waals surface area (Å²) in [4.78, 5) is 23.0. The number of sulfonamides is 1. The molecule has 0 aliphatic carbocycles. The Labute approximate surface area is 183 Å². The van der Waals surface area contributed by atoms with E-state index < -0.39 is 34.0 Å². The Morgan fingerprint density at radius 2 is 1.87 bits per heavy atom. The summed E-state index contributed by atoms with van der Waals surface area (Å²) in [5, 5.41) is 13.0. The van der Waals surface area contributed by atoms with Crippen LogP contribution >= 0.6 is 11.6 Å². The van der Waals surface area contributed by atoms with E-state index in [0.717, 1.165) is 0 Å². The number of furan rings is 1. The van der Waals surface area contributed by atoms with Crippen molar-refractivity contribution in [2.45, 2.75) is 24.8 Å². The lowest BCUT2D eigenvalue weighted by Crippen LogP contribution is -2.44. The molecule has 1 aromatic heterocycles. The first kappa shape index (κ1) is 22.9. The maximum atomic E-state index is 12.7. The van der Waals surface area contributed by atoms with Gasteiger partial charge in [-0.2, -0.15) is 4.72 Å². The number of rotatable bonds is 8. The number of halogens is 1. The molecule has 1 amide bonds. The Morgan fingerprint density at radius 3 is 2.52 bits per heavy atom. The summed E-state index contributed by atoms with van der Waals surface area (Å²) in [5.74, 6) is -1.51. The summed E-state index contributed by atoms with van der Waals surface area (Å²) in [5.41, 5.74) is 1.30. The van der Waals surface area contributed by atoms with E-state index in [9.17, 15) is 23.1 Å². The van der Waals surface area contributed by atoms with Gasteiger partial charge < -0.3 is 14.3 Å². The van der Waals surface area contributed by atoms with Crippen LogP contribution in [-0.2, 0) is 19.6 Å². The number of alkyl halides is 1. The van der Waals surface area contributed by atoms with Gasteiger partial charge in [0.25, 0.3) is 0 Å². The number of nitrogens with one attached hydrogen (secondary N) is 2. The second-order valence-corrected chi connectivity index (χ2v) is 9.19. The van der Waals surface area contributed by atoms with Crippen molar-refractivity contribution >= 4 is 61.3 Å². The molecular weight excluding hydrogens is 448 g/mol. The maximum Gasteiger partial charge on any atom is 0.411 e. The van der Waals surface area contributed by atoms with Crippen LogP contribution in [-0.4, -0.2) is 44.1 Å². The van der Waals surface area contributed by atoms with Crippen molar-refractivity contribution in [2.24, 2.45) is 5.92 Å². The zero-order chi connectivity index (χ0) is 22.8. The standard InChI is InChI=1S/C20H21ClN2O7S/c1-11(2)18(19(24)25)23-31(27,28)13-4-6-16-15(10-13)14-5-3-12(9-17(14)30-16)22-20(26)29-8-7-21/h3-6,9-11,18,23H,7-8H2,1-2H3,(H,22,26)(H,24,25)/t18-/m0/s1. The number of anilines is 1. The zero-order valence-electron chi connectivity index (χ0n) is 16.7. The molecule has 0 unspecified atom stereocenters. The molecular formula is C20H21ClN2O7S. The van der Waals surface area contributed by atoms with E-state index >= 15 is 0 Å². The van der Waals surface area contributed by atoms with E-state index in [4.69, 9.17) is 20.8 Å². The van der Waals surface area contributed by atoms with Gasteiger partial charge in [0, 0.05) is 22.5 Å². The number of carbonyl (C=O) groups is 2. The van der Waals surface area contributed by atoms with Crippen molar-refractivity contribution in [3.63, 3.8) is 0 Å². The third-order valence-electron chi connectivity index (χ3n) is 4.52. The average molecular weight is 469 g/mol. The Hall–Kier alpha value is -2.82. The largest absolute Gasteiger partial charge is 0.480 e. The molecule has 0 aliphatic rings. The summed E-state index contributed by atoms with van der Waals surface area (Å²) in [6.45, 7) is 3.31. The van der Waals surface area contributed by atoms with Crippen LogP contribution in [0, 0.1) is 5.92 Å². The molecule has 0 fully saturated rings. The molecule has 0 aliphatic heterocycles. The van der Waals surface area contributed by atoms with Crippen LogP contribution in [0.3, 0.4) is 0 Å². The SMILES string of the molecule is CC(C)[C@H](NS(=O)(=O)c1ccc2oc3cc(NC(=O)OCCCl)ccc3c2c1)C(=O)O. The number of ether oxygens (including phenoxy) is 1. The molecule has 31 heavy (non-hydrogen) atoms. The first-order valence-electron chi connectivity index (χ1n) is 9.33. The van der Waals surface area contributed by atoms with Crippen LogP contribution in [0.1, 0.15) is 13.8 Å². The molecule has 1 heterocycles.